The van der Waals surface area contributed by atoms with E-state index in [2.05, 4.69) is 10.3 Å². The Morgan fingerprint density at radius 2 is 2.61 bits per heavy atom. The summed E-state index contributed by atoms with van der Waals surface area (Å²) in [5.74, 6) is -0.133. The number of hydrogen-bond donors (Lipinski definition) is 1. The van der Waals surface area contributed by atoms with Crippen LogP contribution >= 0.6 is 23.1 Å². The van der Waals surface area contributed by atoms with Crippen LogP contribution in [0.25, 0.3) is 0 Å². The van der Waals surface area contributed by atoms with Crippen molar-refractivity contribution in [2.75, 3.05) is 13.7 Å². The van der Waals surface area contributed by atoms with Crippen molar-refractivity contribution in [3.05, 3.63) is 11.6 Å². The maximum atomic E-state index is 12.0. The van der Waals surface area contributed by atoms with E-state index in [1.165, 1.54) is 7.11 Å². The summed E-state index contributed by atoms with van der Waals surface area (Å²) in [6, 6.07) is 0. The molecule has 0 bridgehead atoms. The summed E-state index contributed by atoms with van der Waals surface area (Å²) in [4.78, 5) is 16.3. The third-order valence-corrected chi connectivity index (χ3v) is 5.42. The minimum absolute atomic E-state index is 0.133. The van der Waals surface area contributed by atoms with Crippen LogP contribution in [0.2, 0.25) is 0 Å². The molecule has 0 spiro atoms. The van der Waals surface area contributed by atoms with E-state index in [1.54, 1.807) is 23.1 Å². The number of carbonyl (C=O) groups excluding carboxylic acids is 1. The van der Waals surface area contributed by atoms with Crippen LogP contribution in [0.15, 0.2) is 15.9 Å². The highest BCUT2D eigenvalue weighted by molar-refractivity contribution is 8.01. The lowest BCUT2D eigenvalue weighted by Gasteiger charge is -2.27. The highest BCUT2D eigenvalue weighted by atomic mass is 32.2. The Balaban J connectivity index is 2.01. The average Bonchev–Trinajstić information content (AvgIpc) is 3.00. The molecule has 1 saturated carbocycles. The SMILES string of the molecule is CCNC1(C(=O)OC)CCC(Sc2nccs2)C1. The number of rotatable bonds is 5. The first kappa shape index (κ1) is 13.8. The van der Waals surface area contributed by atoms with Gasteiger partial charge in [-0.25, -0.2) is 4.98 Å². The van der Waals surface area contributed by atoms with E-state index < -0.39 is 5.54 Å². The number of esters is 1. The fourth-order valence-corrected chi connectivity index (χ4v) is 4.63. The number of thiazole rings is 1. The number of carbonyl (C=O) groups is 1. The predicted molar refractivity (Wildman–Crippen MR) is 74.0 cm³/mol. The Labute approximate surface area is 116 Å². The van der Waals surface area contributed by atoms with E-state index in [-0.39, 0.29) is 5.97 Å². The third-order valence-electron chi connectivity index (χ3n) is 3.24. The molecule has 0 radical (unpaired) electrons. The van der Waals surface area contributed by atoms with E-state index in [1.807, 2.05) is 18.5 Å². The van der Waals surface area contributed by atoms with Crippen LogP contribution < -0.4 is 5.32 Å². The number of ether oxygens (including phenoxy) is 1. The molecule has 1 N–H and O–H groups in total. The largest absolute Gasteiger partial charge is 0.468 e. The predicted octanol–water partition coefficient (Wildman–Crippen LogP) is 2.31. The van der Waals surface area contributed by atoms with E-state index in [4.69, 9.17) is 4.74 Å². The Morgan fingerprint density at radius 3 is 3.22 bits per heavy atom. The fourth-order valence-electron chi connectivity index (χ4n) is 2.46. The molecule has 6 heteroatoms. The second-order valence-corrected chi connectivity index (χ2v) is 6.83. The topological polar surface area (TPSA) is 51.2 Å². The molecule has 4 nitrogen and oxygen atoms in total. The van der Waals surface area contributed by atoms with Gasteiger partial charge in [0.15, 0.2) is 0 Å². The standard InChI is InChI=1S/C12H18N2O2S2/c1-3-14-12(10(15)16-2)5-4-9(8-12)18-11-13-6-7-17-11/h6-7,9,14H,3-5,8H2,1-2H3. The smallest absolute Gasteiger partial charge is 0.326 e. The molecule has 1 aliphatic carbocycles. The Bertz CT molecular complexity index is 397. The summed E-state index contributed by atoms with van der Waals surface area (Å²) in [5.41, 5.74) is -0.488. The maximum Gasteiger partial charge on any atom is 0.326 e. The van der Waals surface area contributed by atoms with Crippen LogP contribution in [0.1, 0.15) is 26.2 Å². The molecular formula is C12H18N2O2S2. The highest BCUT2D eigenvalue weighted by Gasteiger charge is 2.46. The molecule has 1 aromatic rings. The van der Waals surface area contributed by atoms with Gasteiger partial charge in [-0.2, -0.15) is 0 Å². The van der Waals surface area contributed by atoms with Gasteiger partial charge in [0, 0.05) is 16.8 Å². The molecular weight excluding hydrogens is 268 g/mol. The lowest BCUT2D eigenvalue weighted by Crippen LogP contribution is -2.50. The molecule has 2 unspecified atom stereocenters. The second-order valence-electron chi connectivity index (χ2n) is 4.38. The summed E-state index contributed by atoms with van der Waals surface area (Å²) < 4.78 is 6.03. The van der Waals surface area contributed by atoms with E-state index in [0.29, 0.717) is 5.25 Å². The number of aromatic nitrogens is 1. The number of likely N-dealkylation sites (N-methyl/N-ethyl adjacent to an activating group) is 1. The monoisotopic (exact) mass is 286 g/mol. The van der Waals surface area contributed by atoms with Gasteiger partial charge in [-0.3, -0.25) is 4.79 Å². The lowest BCUT2D eigenvalue weighted by molar-refractivity contribution is -0.148. The van der Waals surface area contributed by atoms with Crippen molar-refractivity contribution < 1.29 is 9.53 Å². The number of nitrogens with one attached hydrogen (secondary N) is 1. The zero-order chi connectivity index (χ0) is 13.0. The van der Waals surface area contributed by atoms with Crippen molar-refractivity contribution in [1.82, 2.24) is 10.3 Å². The molecule has 2 rings (SSSR count). The Hall–Kier alpha value is -0.590. The van der Waals surface area contributed by atoms with Gasteiger partial charge < -0.3 is 10.1 Å². The van der Waals surface area contributed by atoms with Gasteiger partial charge in [-0.05, 0) is 25.8 Å². The zero-order valence-electron chi connectivity index (χ0n) is 10.6. The van der Waals surface area contributed by atoms with Crippen molar-refractivity contribution in [2.45, 2.75) is 41.3 Å². The molecule has 0 aromatic carbocycles. The van der Waals surface area contributed by atoms with Gasteiger partial charge >= 0.3 is 5.97 Å². The van der Waals surface area contributed by atoms with Crippen molar-refractivity contribution >= 4 is 29.1 Å². The first-order valence-electron chi connectivity index (χ1n) is 6.10. The van der Waals surface area contributed by atoms with Crippen LogP contribution in [0, 0.1) is 0 Å². The average molecular weight is 286 g/mol. The van der Waals surface area contributed by atoms with Gasteiger partial charge in [0.2, 0.25) is 0 Å². The minimum atomic E-state index is -0.488. The third kappa shape index (κ3) is 2.87. The van der Waals surface area contributed by atoms with Gasteiger partial charge in [-0.15, -0.1) is 11.3 Å². The van der Waals surface area contributed by atoms with E-state index in [9.17, 15) is 4.79 Å². The molecule has 0 aliphatic heterocycles. The summed E-state index contributed by atoms with van der Waals surface area (Å²) in [7, 11) is 1.46. The van der Waals surface area contributed by atoms with Crippen LogP contribution in [0.5, 0.6) is 0 Å². The lowest BCUT2D eigenvalue weighted by atomic mass is 9.98. The second kappa shape index (κ2) is 6.04. The first-order chi connectivity index (χ1) is 8.70. The van der Waals surface area contributed by atoms with Crippen molar-refractivity contribution in [3.63, 3.8) is 0 Å². The van der Waals surface area contributed by atoms with Gasteiger partial charge in [0.25, 0.3) is 0 Å². The number of nitrogens with zero attached hydrogens (tertiary/aromatic N) is 1. The van der Waals surface area contributed by atoms with Crippen molar-refractivity contribution in [1.29, 1.82) is 0 Å². The van der Waals surface area contributed by atoms with Crippen LogP contribution in [-0.2, 0) is 9.53 Å². The van der Waals surface area contributed by atoms with Crippen LogP contribution in [0.4, 0.5) is 0 Å². The fraction of sp³-hybridized carbons (Fsp3) is 0.667. The quantitative estimate of drug-likeness (QED) is 0.842. The Morgan fingerprint density at radius 1 is 1.78 bits per heavy atom. The number of hydrogen-bond acceptors (Lipinski definition) is 6. The molecule has 18 heavy (non-hydrogen) atoms. The summed E-state index contributed by atoms with van der Waals surface area (Å²) in [6.07, 6.45) is 4.50. The number of methoxy groups -OCH3 is 1. The first-order valence-corrected chi connectivity index (χ1v) is 7.85. The summed E-state index contributed by atoms with van der Waals surface area (Å²) in [5, 5.41) is 5.73. The summed E-state index contributed by atoms with van der Waals surface area (Å²) >= 11 is 3.43. The molecule has 1 aliphatic rings. The molecule has 1 aromatic heterocycles. The Kier molecular flexibility index (Phi) is 4.64. The van der Waals surface area contributed by atoms with Crippen LogP contribution in [-0.4, -0.2) is 35.4 Å². The summed E-state index contributed by atoms with van der Waals surface area (Å²) in [6.45, 7) is 2.80. The normalized spacial score (nSPS) is 27.3. The van der Waals surface area contributed by atoms with E-state index >= 15 is 0 Å². The van der Waals surface area contributed by atoms with Crippen molar-refractivity contribution in [3.8, 4) is 0 Å². The zero-order valence-corrected chi connectivity index (χ0v) is 12.3. The maximum absolute atomic E-state index is 12.0. The molecule has 0 saturated heterocycles. The molecule has 1 heterocycles. The van der Waals surface area contributed by atoms with Crippen molar-refractivity contribution in [2.24, 2.45) is 0 Å². The highest BCUT2D eigenvalue weighted by Crippen LogP contribution is 2.41. The van der Waals surface area contributed by atoms with Gasteiger partial charge in [0.1, 0.15) is 9.88 Å². The van der Waals surface area contributed by atoms with Gasteiger partial charge in [-0.1, -0.05) is 18.7 Å². The van der Waals surface area contributed by atoms with Crippen LogP contribution in [0.3, 0.4) is 0 Å². The number of thioether (sulfide) groups is 1. The van der Waals surface area contributed by atoms with E-state index in [0.717, 1.165) is 30.1 Å². The molecule has 2 atom stereocenters. The molecule has 100 valence electrons. The molecule has 1 fully saturated rings. The molecule has 0 amide bonds. The minimum Gasteiger partial charge on any atom is -0.468 e. The van der Waals surface area contributed by atoms with Gasteiger partial charge in [0.05, 0.1) is 7.11 Å².